The summed E-state index contributed by atoms with van der Waals surface area (Å²) in [7, 11) is -1.21. The van der Waals surface area contributed by atoms with Gasteiger partial charge in [0.15, 0.2) is 0 Å². The first-order valence-electron chi connectivity index (χ1n) is 12.3. The Morgan fingerprint density at radius 1 is 1.13 bits per heavy atom. The quantitative estimate of drug-likeness (QED) is 0.151. The second-order valence-electron chi connectivity index (χ2n) is 11.1. The first-order chi connectivity index (χ1) is 17.9. The molecule has 0 aliphatic rings. The molecular formula is C25H34N8O3SSi. The number of anilines is 4. The summed E-state index contributed by atoms with van der Waals surface area (Å²) < 4.78 is 12.6. The van der Waals surface area contributed by atoms with E-state index in [9.17, 15) is 4.79 Å². The van der Waals surface area contributed by atoms with Crippen LogP contribution in [0.3, 0.4) is 0 Å². The van der Waals surface area contributed by atoms with Gasteiger partial charge in [-0.3, -0.25) is 9.88 Å². The van der Waals surface area contributed by atoms with E-state index in [4.69, 9.17) is 14.5 Å². The van der Waals surface area contributed by atoms with Gasteiger partial charge in [0.25, 0.3) is 0 Å². The fourth-order valence-corrected chi connectivity index (χ4v) is 4.77. The third-order valence-electron chi connectivity index (χ3n) is 5.21. The maximum atomic E-state index is 12.3. The van der Waals surface area contributed by atoms with Crippen molar-refractivity contribution in [1.82, 2.24) is 29.9 Å². The van der Waals surface area contributed by atoms with E-state index in [1.165, 1.54) is 11.3 Å². The molecule has 0 aliphatic heterocycles. The molecule has 0 atom stereocenters. The lowest BCUT2D eigenvalue weighted by Gasteiger charge is -2.22. The summed E-state index contributed by atoms with van der Waals surface area (Å²) in [5.74, 6) is 0.693. The van der Waals surface area contributed by atoms with E-state index in [1.807, 2.05) is 50.8 Å². The zero-order chi connectivity index (χ0) is 27.5. The number of aromatic nitrogens is 6. The van der Waals surface area contributed by atoms with Crippen LogP contribution in [0.5, 0.6) is 0 Å². The average Bonchev–Trinajstić information content (AvgIpc) is 3.46. The lowest BCUT2D eigenvalue weighted by Crippen LogP contribution is -2.27. The van der Waals surface area contributed by atoms with Crippen LogP contribution < -0.4 is 10.2 Å². The topological polar surface area (TPSA) is 120 Å². The molecule has 4 heterocycles. The van der Waals surface area contributed by atoms with Gasteiger partial charge in [0, 0.05) is 14.7 Å². The molecule has 4 rings (SSSR count). The van der Waals surface area contributed by atoms with Gasteiger partial charge in [0.2, 0.25) is 5.13 Å². The highest BCUT2D eigenvalue weighted by Gasteiger charge is 2.20. The Hall–Kier alpha value is -3.42. The number of pyridine rings is 2. The molecule has 0 unspecified atom stereocenters. The van der Waals surface area contributed by atoms with Crippen molar-refractivity contribution in [3.8, 4) is 0 Å². The van der Waals surface area contributed by atoms with Gasteiger partial charge in [-0.15, -0.1) is 10.2 Å². The van der Waals surface area contributed by atoms with Crippen molar-refractivity contribution in [2.75, 3.05) is 23.6 Å². The van der Waals surface area contributed by atoms with Gasteiger partial charge in [-0.05, 0) is 51.9 Å². The number of rotatable bonds is 9. The van der Waals surface area contributed by atoms with Crippen molar-refractivity contribution in [3.05, 3.63) is 41.8 Å². The number of nitrogens with one attached hydrogen (secondary N) is 1. The molecule has 11 nitrogen and oxygen atoms in total. The van der Waals surface area contributed by atoms with E-state index in [1.54, 1.807) is 18.6 Å². The van der Waals surface area contributed by atoms with Crippen LogP contribution in [0.15, 0.2) is 36.8 Å². The number of nitrogens with zero attached hydrogens (tertiary/aromatic N) is 7. The predicted molar refractivity (Wildman–Crippen MR) is 152 cm³/mol. The van der Waals surface area contributed by atoms with Crippen molar-refractivity contribution in [2.45, 2.75) is 59.0 Å². The molecule has 0 amide bonds. The second-order valence-corrected chi connectivity index (χ2v) is 17.9. The number of carbonyl (C=O) groups excluding carboxylic acids is 1. The third kappa shape index (κ3) is 7.55. The Labute approximate surface area is 227 Å². The Morgan fingerprint density at radius 2 is 1.92 bits per heavy atom. The molecule has 4 aromatic heterocycles. The van der Waals surface area contributed by atoms with E-state index in [2.05, 4.69) is 45.2 Å². The molecule has 0 saturated carbocycles. The van der Waals surface area contributed by atoms with Crippen molar-refractivity contribution in [1.29, 1.82) is 0 Å². The van der Waals surface area contributed by atoms with E-state index in [-0.39, 0.29) is 0 Å². The normalized spacial score (nSPS) is 12.1. The maximum absolute atomic E-state index is 12.3. The molecule has 38 heavy (non-hydrogen) atoms. The average molecular weight is 555 g/mol. The third-order valence-corrected chi connectivity index (χ3v) is 7.78. The van der Waals surface area contributed by atoms with Gasteiger partial charge in [-0.2, -0.15) is 9.78 Å². The van der Waals surface area contributed by atoms with E-state index >= 15 is 0 Å². The zero-order valence-corrected chi connectivity index (χ0v) is 24.7. The Balaban J connectivity index is 1.54. The molecule has 0 spiro atoms. The molecular weight excluding hydrogens is 520 g/mol. The van der Waals surface area contributed by atoms with Crippen LogP contribution in [0.4, 0.5) is 27.1 Å². The van der Waals surface area contributed by atoms with Crippen molar-refractivity contribution in [2.24, 2.45) is 0 Å². The van der Waals surface area contributed by atoms with Crippen LogP contribution in [-0.4, -0.2) is 63.1 Å². The van der Waals surface area contributed by atoms with Gasteiger partial charge in [0.05, 0.1) is 41.0 Å². The molecule has 0 saturated heterocycles. The lowest BCUT2D eigenvalue weighted by molar-refractivity contribution is 0.0514. The minimum atomic E-state index is -1.21. The first-order valence-corrected chi connectivity index (χ1v) is 16.9. The summed E-state index contributed by atoms with van der Waals surface area (Å²) in [6.07, 6.45) is 4.28. The largest absolute Gasteiger partial charge is 0.442 e. The lowest BCUT2D eigenvalue weighted by atomic mass is 10.2. The predicted octanol–water partition coefficient (Wildman–Crippen LogP) is 5.96. The van der Waals surface area contributed by atoms with Crippen LogP contribution in [0.1, 0.15) is 25.8 Å². The molecule has 0 aromatic carbocycles. The number of hydrogen-bond acceptors (Lipinski definition) is 11. The summed E-state index contributed by atoms with van der Waals surface area (Å²) in [5.41, 5.74) is 2.16. The van der Waals surface area contributed by atoms with Crippen LogP contribution in [0.2, 0.25) is 25.7 Å². The minimum Gasteiger partial charge on any atom is -0.442 e. The van der Waals surface area contributed by atoms with Crippen molar-refractivity contribution >= 4 is 58.9 Å². The summed E-state index contributed by atoms with van der Waals surface area (Å²) in [4.78, 5) is 23.6. The minimum absolute atomic E-state index is 0.326. The fraction of sp³-hybridized carbons (Fsp3) is 0.440. The molecule has 0 fully saturated rings. The van der Waals surface area contributed by atoms with E-state index < -0.39 is 19.8 Å². The van der Waals surface area contributed by atoms with Gasteiger partial charge >= 0.3 is 6.09 Å². The molecule has 0 radical (unpaired) electrons. The number of fused-ring (bicyclic) bond motifs is 1. The van der Waals surface area contributed by atoms with E-state index in [0.29, 0.717) is 36.0 Å². The number of ether oxygens (including phenoxy) is 2. The van der Waals surface area contributed by atoms with Crippen LogP contribution in [-0.2, 0) is 9.47 Å². The van der Waals surface area contributed by atoms with Crippen molar-refractivity contribution in [3.63, 3.8) is 0 Å². The number of hydrogen-bond donors (Lipinski definition) is 1. The highest BCUT2D eigenvalue weighted by atomic mass is 32.1. The Morgan fingerprint density at radius 3 is 2.61 bits per heavy atom. The standard InChI is InChI=1S/C25H34N8O3SSi/c1-17-30-31-23(37-17)32(16-35-10-11-38(5,6)7)22-9-8-20-21(29-22)12-18(13-26-20)28-19-14-27-33(15-19)24(34)36-25(2,3)4/h8-9,12-15,28H,10-11,16H2,1-7H3. The fourth-order valence-electron chi connectivity index (χ4n) is 3.33. The zero-order valence-electron chi connectivity index (χ0n) is 22.8. The number of aryl methyl sites for hydroxylation is 1. The molecule has 1 N–H and O–H groups in total. The SMILES string of the molecule is Cc1nnc(N(COCC[Si](C)(C)C)c2ccc3ncc(Nc4cnn(C(=O)OC(C)(C)C)c4)cc3n2)s1. The van der Waals surface area contributed by atoms with Gasteiger partial charge in [0.1, 0.15) is 23.2 Å². The maximum Gasteiger partial charge on any atom is 0.435 e. The molecule has 202 valence electrons. The monoisotopic (exact) mass is 554 g/mol. The van der Waals surface area contributed by atoms with Crippen molar-refractivity contribution < 1.29 is 14.3 Å². The first kappa shape index (κ1) is 27.6. The summed E-state index contributed by atoms with van der Waals surface area (Å²) in [5, 5.41) is 17.4. The summed E-state index contributed by atoms with van der Waals surface area (Å²) >= 11 is 1.49. The Bertz CT molecular complexity index is 1410. The van der Waals surface area contributed by atoms with Crippen LogP contribution >= 0.6 is 11.3 Å². The van der Waals surface area contributed by atoms with E-state index in [0.717, 1.165) is 26.4 Å². The summed E-state index contributed by atoms with van der Waals surface area (Å²) in [6.45, 7) is 15.3. The highest BCUT2D eigenvalue weighted by Crippen LogP contribution is 2.29. The van der Waals surface area contributed by atoms with Crippen LogP contribution in [0, 0.1) is 6.92 Å². The Kier molecular flexibility index (Phi) is 8.09. The van der Waals surface area contributed by atoms with Gasteiger partial charge in [-0.25, -0.2) is 9.78 Å². The second kappa shape index (κ2) is 11.1. The molecule has 4 aromatic rings. The number of carbonyl (C=O) groups is 1. The molecule has 0 aliphatic carbocycles. The summed E-state index contributed by atoms with van der Waals surface area (Å²) in [6, 6.07) is 6.80. The molecule has 0 bridgehead atoms. The smallest absolute Gasteiger partial charge is 0.435 e. The van der Waals surface area contributed by atoms with Crippen LogP contribution in [0.25, 0.3) is 11.0 Å². The van der Waals surface area contributed by atoms with Gasteiger partial charge < -0.3 is 14.8 Å². The highest BCUT2D eigenvalue weighted by molar-refractivity contribution is 7.15. The van der Waals surface area contributed by atoms with Gasteiger partial charge in [-0.1, -0.05) is 31.0 Å². The molecule has 13 heteroatoms.